The molecule has 0 N–H and O–H groups in total. The highest BCUT2D eigenvalue weighted by Gasteiger charge is 2.41. The van der Waals surface area contributed by atoms with Crippen LogP contribution in [0.4, 0.5) is 11.4 Å². The predicted octanol–water partition coefficient (Wildman–Crippen LogP) is 11.2. The van der Waals surface area contributed by atoms with Gasteiger partial charge in [0.25, 0.3) is 11.4 Å². The topological polar surface area (TPSA) is 105 Å². The van der Waals surface area contributed by atoms with Gasteiger partial charge in [0.2, 0.25) is 0 Å². The van der Waals surface area contributed by atoms with E-state index in [0.29, 0.717) is 23.0 Å². The number of hydrogen-bond acceptors (Lipinski definition) is 6. The first-order chi connectivity index (χ1) is 22.8. The molecule has 2 aliphatic carbocycles. The van der Waals surface area contributed by atoms with Gasteiger partial charge in [-0.3, -0.25) is 20.2 Å². The molecule has 47 heavy (non-hydrogen) atoms. The molecule has 2 aliphatic rings. The van der Waals surface area contributed by atoms with Crippen molar-refractivity contribution in [1.29, 1.82) is 0 Å². The fourth-order valence-corrected chi connectivity index (χ4v) is 7.93. The van der Waals surface area contributed by atoms with Gasteiger partial charge < -0.3 is 9.47 Å². The molecule has 0 radical (unpaired) electrons. The Morgan fingerprint density at radius 3 is 1.30 bits per heavy atom. The van der Waals surface area contributed by atoms with Crippen LogP contribution in [0.2, 0.25) is 0 Å². The van der Waals surface area contributed by atoms with Crippen LogP contribution in [0.1, 0.15) is 82.3 Å². The minimum atomic E-state index is -0.418. The van der Waals surface area contributed by atoms with E-state index in [1.165, 1.54) is 86.8 Å². The van der Waals surface area contributed by atoms with E-state index in [1.54, 1.807) is 24.3 Å². The highest BCUT2D eigenvalue weighted by molar-refractivity contribution is 5.46. The molecule has 244 valence electrons. The van der Waals surface area contributed by atoms with Crippen molar-refractivity contribution >= 4 is 11.4 Å². The summed E-state index contributed by atoms with van der Waals surface area (Å²) < 4.78 is 12.1. The Kier molecular flexibility index (Phi) is 9.85. The van der Waals surface area contributed by atoms with E-state index in [0.717, 1.165) is 30.6 Å². The molecule has 0 saturated heterocycles. The van der Waals surface area contributed by atoms with E-state index in [1.807, 2.05) is 24.3 Å². The smallest absolute Gasteiger partial charge is 0.269 e. The number of hydrogen-bond donors (Lipinski definition) is 0. The number of nitrogens with zero attached hydrogens (tertiary/aromatic N) is 2. The molecule has 8 nitrogen and oxygen atoms in total. The van der Waals surface area contributed by atoms with E-state index >= 15 is 0 Å². The Bertz CT molecular complexity index is 1530. The second kappa shape index (κ2) is 14.4. The van der Waals surface area contributed by atoms with Crippen molar-refractivity contribution in [3.63, 3.8) is 0 Å². The van der Waals surface area contributed by atoms with Crippen molar-refractivity contribution < 1.29 is 19.3 Å². The van der Waals surface area contributed by atoms with E-state index in [4.69, 9.17) is 9.47 Å². The summed E-state index contributed by atoms with van der Waals surface area (Å²) in [6.07, 6.45) is 12.7. The Balaban J connectivity index is 1.21. The lowest BCUT2D eigenvalue weighted by molar-refractivity contribution is -0.385. The SMILES string of the molecule is CCC[C@H]1CC[C@@H](C2CCC(c3ccc(Oc4ccc([N+](=O)[O-])cc4)cc3)(c3ccc(Oc4ccc([N+](=O)[O-])cc4)cc3)CC2)CC1. The summed E-state index contributed by atoms with van der Waals surface area (Å²) in [7, 11) is 0. The van der Waals surface area contributed by atoms with Gasteiger partial charge in [0.05, 0.1) is 9.85 Å². The summed E-state index contributed by atoms with van der Waals surface area (Å²) >= 11 is 0. The quantitative estimate of drug-likeness (QED) is 0.120. The second-order valence-corrected chi connectivity index (χ2v) is 13.2. The van der Waals surface area contributed by atoms with Crippen molar-refractivity contribution in [2.45, 2.75) is 76.5 Å². The molecule has 0 amide bonds. The summed E-state index contributed by atoms with van der Waals surface area (Å²) in [5.41, 5.74) is 2.42. The average Bonchev–Trinajstić information content (AvgIpc) is 3.10. The highest BCUT2D eigenvalue weighted by Crippen LogP contribution is 2.51. The minimum Gasteiger partial charge on any atom is -0.457 e. The Hall–Kier alpha value is -4.72. The largest absolute Gasteiger partial charge is 0.457 e. The van der Waals surface area contributed by atoms with Crippen LogP contribution in [0.5, 0.6) is 23.0 Å². The number of rotatable bonds is 11. The zero-order chi connectivity index (χ0) is 32.8. The predicted molar refractivity (Wildman–Crippen MR) is 182 cm³/mol. The van der Waals surface area contributed by atoms with E-state index in [2.05, 4.69) is 31.2 Å². The third kappa shape index (κ3) is 7.48. The zero-order valence-corrected chi connectivity index (χ0v) is 26.9. The molecule has 6 rings (SSSR count). The van der Waals surface area contributed by atoms with Crippen molar-refractivity contribution in [2.75, 3.05) is 0 Å². The molecule has 0 atom stereocenters. The van der Waals surface area contributed by atoms with E-state index in [-0.39, 0.29) is 16.8 Å². The van der Waals surface area contributed by atoms with E-state index in [9.17, 15) is 20.2 Å². The number of nitro benzene ring substituents is 2. The van der Waals surface area contributed by atoms with Crippen LogP contribution in [0.25, 0.3) is 0 Å². The summed E-state index contributed by atoms with van der Waals surface area (Å²) in [5, 5.41) is 22.0. The van der Waals surface area contributed by atoms with Crippen molar-refractivity contribution in [2.24, 2.45) is 17.8 Å². The Morgan fingerprint density at radius 1 is 0.574 bits per heavy atom. The maximum atomic E-state index is 11.0. The van der Waals surface area contributed by atoms with E-state index < -0.39 is 9.85 Å². The maximum Gasteiger partial charge on any atom is 0.269 e. The van der Waals surface area contributed by atoms with Gasteiger partial charge in [-0.25, -0.2) is 0 Å². The molecule has 0 aromatic heterocycles. The molecule has 4 aromatic carbocycles. The Morgan fingerprint density at radius 2 is 0.936 bits per heavy atom. The summed E-state index contributed by atoms with van der Waals surface area (Å²) in [5.74, 6) is 4.98. The highest BCUT2D eigenvalue weighted by atomic mass is 16.6. The van der Waals surface area contributed by atoms with Crippen LogP contribution in [-0.2, 0) is 5.41 Å². The van der Waals surface area contributed by atoms with Gasteiger partial charge in [0, 0.05) is 29.7 Å². The minimum absolute atomic E-state index is 0.0309. The van der Waals surface area contributed by atoms with Gasteiger partial charge in [-0.15, -0.1) is 0 Å². The monoisotopic (exact) mass is 634 g/mol. The molecule has 0 unspecified atom stereocenters. The lowest BCUT2D eigenvalue weighted by Gasteiger charge is -2.44. The lowest BCUT2D eigenvalue weighted by atomic mass is 9.60. The van der Waals surface area contributed by atoms with Crippen LogP contribution < -0.4 is 9.47 Å². The van der Waals surface area contributed by atoms with Crippen LogP contribution in [0.15, 0.2) is 97.1 Å². The summed E-state index contributed by atoms with van der Waals surface area (Å²) in [6.45, 7) is 2.30. The number of nitro groups is 2. The molecular weight excluding hydrogens is 592 g/mol. The van der Waals surface area contributed by atoms with Crippen LogP contribution in [-0.4, -0.2) is 9.85 Å². The molecule has 0 aliphatic heterocycles. The number of non-ortho nitro benzene ring substituents is 2. The molecule has 2 saturated carbocycles. The van der Waals surface area contributed by atoms with Crippen molar-refractivity contribution in [3.05, 3.63) is 128 Å². The molecule has 2 fully saturated rings. The van der Waals surface area contributed by atoms with Gasteiger partial charge in [-0.1, -0.05) is 56.9 Å². The van der Waals surface area contributed by atoms with Gasteiger partial charge in [-0.05, 0) is 116 Å². The molecule has 4 aromatic rings. The third-order valence-corrected chi connectivity index (χ3v) is 10.5. The average molecular weight is 635 g/mol. The third-order valence-electron chi connectivity index (χ3n) is 10.5. The number of benzene rings is 4. The second-order valence-electron chi connectivity index (χ2n) is 13.2. The van der Waals surface area contributed by atoms with Gasteiger partial charge in [0.15, 0.2) is 0 Å². The first-order valence-corrected chi connectivity index (χ1v) is 16.9. The van der Waals surface area contributed by atoms with Crippen LogP contribution in [0.3, 0.4) is 0 Å². The summed E-state index contributed by atoms with van der Waals surface area (Å²) in [6, 6.07) is 28.9. The molecule has 8 heteroatoms. The lowest BCUT2D eigenvalue weighted by Crippen LogP contribution is -2.35. The maximum absolute atomic E-state index is 11.0. The standard InChI is InChI=1S/C39H42N2O6/c1-2-3-28-4-6-29(7-5-28)30-24-26-39(27-25-30,31-8-16-35(17-9-31)46-37-20-12-33(13-21-37)40(42)43)32-10-18-36(19-11-32)47-38-22-14-34(15-23-38)41(44)45/h8-23,28-30H,2-7,24-27H2,1H3/t28-,29+. The van der Waals surface area contributed by atoms with Crippen molar-refractivity contribution in [1.82, 2.24) is 0 Å². The molecule has 0 heterocycles. The van der Waals surface area contributed by atoms with Gasteiger partial charge in [0.1, 0.15) is 23.0 Å². The molecule has 0 bridgehead atoms. The van der Waals surface area contributed by atoms with Crippen LogP contribution in [0, 0.1) is 38.0 Å². The van der Waals surface area contributed by atoms with Gasteiger partial charge in [-0.2, -0.15) is 0 Å². The fraction of sp³-hybridized carbons (Fsp3) is 0.385. The summed E-state index contributed by atoms with van der Waals surface area (Å²) in [4.78, 5) is 21.2. The zero-order valence-electron chi connectivity index (χ0n) is 26.9. The van der Waals surface area contributed by atoms with Crippen molar-refractivity contribution in [3.8, 4) is 23.0 Å². The first kappa shape index (κ1) is 32.2. The normalized spacial score (nSPS) is 19.5. The Labute approximate surface area is 276 Å². The molecular formula is C39H42N2O6. The fourth-order valence-electron chi connectivity index (χ4n) is 7.93. The van der Waals surface area contributed by atoms with Gasteiger partial charge >= 0.3 is 0 Å². The number of ether oxygens (including phenoxy) is 2. The first-order valence-electron chi connectivity index (χ1n) is 16.9. The van der Waals surface area contributed by atoms with Crippen LogP contribution >= 0.6 is 0 Å². The molecule has 0 spiro atoms.